The van der Waals surface area contributed by atoms with Gasteiger partial charge in [-0.3, -0.25) is 0 Å². The summed E-state index contributed by atoms with van der Waals surface area (Å²) in [5, 5.41) is 0. The third kappa shape index (κ3) is 1.19. The molecule has 0 amide bonds. The predicted octanol–water partition coefficient (Wildman–Crippen LogP) is 2.69. The van der Waals surface area contributed by atoms with Crippen molar-refractivity contribution in [3.05, 3.63) is 0 Å². The molecule has 0 aromatic carbocycles. The Balaban J connectivity index is 1.57. The zero-order chi connectivity index (χ0) is 8.60. The van der Waals surface area contributed by atoms with Crippen LogP contribution in [0, 0.1) is 11.8 Å². The van der Waals surface area contributed by atoms with Crippen LogP contribution in [-0.2, 0) is 0 Å². The summed E-state index contributed by atoms with van der Waals surface area (Å²) in [6.45, 7) is 2.27. The first-order valence-corrected chi connectivity index (χ1v) is 5.55. The minimum atomic E-state index is 0.330. The lowest BCUT2D eigenvalue weighted by molar-refractivity contribution is -0.114. The quantitative estimate of drug-likeness (QED) is 0.626. The molecule has 0 aromatic heterocycles. The standard InChI is InChI=1S/C11H21N/c1-2-3-4-5-6-10-9-7-11(10,12)8-9/h9-10H,2-8,12H2,1H3. The second-order valence-corrected chi connectivity index (χ2v) is 4.86. The number of nitrogens with two attached hydrogens (primary N) is 1. The number of rotatable bonds is 5. The summed E-state index contributed by atoms with van der Waals surface area (Å²) in [4.78, 5) is 0. The first-order valence-electron chi connectivity index (χ1n) is 5.55. The zero-order valence-electron chi connectivity index (χ0n) is 8.18. The van der Waals surface area contributed by atoms with Crippen LogP contribution in [0.25, 0.3) is 0 Å². The van der Waals surface area contributed by atoms with Gasteiger partial charge in [0.05, 0.1) is 0 Å². The van der Waals surface area contributed by atoms with Gasteiger partial charge in [0.1, 0.15) is 0 Å². The second kappa shape index (κ2) is 3.02. The van der Waals surface area contributed by atoms with Crippen LogP contribution in [0.5, 0.6) is 0 Å². The van der Waals surface area contributed by atoms with Crippen LogP contribution in [0.4, 0.5) is 0 Å². The second-order valence-electron chi connectivity index (χ2n) is 4.86. The molecular formula is C11H21N. The molecule has 70 valence electrons. The molecule has 2 bridgehead atoms. The van der Waals surface area contributed by atoms with Gasteiger partial charge in [0, 0.05) is 5.54 Å². The van der Waals surface area contributed by atoms with Crippen LogP contribution >= 0.6 is 0 Å². The van der Waals surface area contributed by atoms with Crippen molar-refractivity contribution in [1.82, 2.24) is 0 Å². The Bertz CT molecular complexity index is 158. The van der Waals surface area contributed by atoms with E-state index in [0.29, 0.717) is 5.54 Å². The van der Waals surface area contributed by atoms with Crippen molar-refractivity contribution in [1.29, 1.82) is 0 Å². The Hall–Kier alpha value is -0.0400. The van der Waals surface area contributed by atoms with E-state index in [4.69, 9.17) is 5.73 Å². The molecule has 0 aromatic rings. The molecule has 0 radical (unpaired) electrons. The monoisotopic (exact) mass is 167 g/mol. The highest BCUT2D eigenvalue weighted by Gasteiger charge is 2.61. The highest BCUT2D eigenvalue weighted by Crippen LogP contribution is 2.61. The van der Waals surface area contributed by atoms with E-state index in [1.165, 1.54) is 44.9 Å². The molecule has 0 aliphatic heterocycles. The molecule has 1 heteroatoms. The van der Waals surface area contributed by atoms with E-state index in [1.54, 1.807) is 0 Å². The molecular weight excluding hydrogens is 146 g/mol. The average Bonchev–Trinajstić information content (AvgIpc) is 2.01. The maximum atomic E-state index is 6.15. The van der Waals surface area contributed by atoms with Crippen molar-refractivity contribution in [2.24, 2.45) is 17.6 Å². The van der Waals surface area contributed by atoms with E-state index in [9.17, 15) is 0 Å². The van der Waals surface area contributed by atoms with E-state index in [2.05, 4.69) is 6.92 Å². The van der Waals surface area contributed by atoms with Gasteiger partial charge in [-0.25, -0.2) is 0 Å². The van der Waals surface area contributed by atoms with E-state index < -0.39 is 0 Å². The summed E-state index contributed by atoms with van der Waals surface area (Å²) >= 11 is 0. The maximum absolute atomic E-state index is 6.15. The molecule has 3 rings (SSSR count). The maximum Gasteiger partial charge on any atom is 0.0191 e. The van der Waals surface area contributed by atoms with Gasteiger partial charge in [0.15, 0.2) is 0 Å². The van der Waals surface area contributed by atoms with Crippen LogP contribution in [-0.4, -0.2) is 5.54 Å². The largest absolute Gasteiger partial charge is 0.325 e. The fraction of sp³-hybridized carbons (Fsp3) is 1.00. The van der Waals surface area contributed by atoms with Gasteiger partial charge in [0.25, 0.3) is 0 Å². The van der Waals surface area contributed by atoms with Gasteiger partial charge in [-0.15, -0.1) is 0 Å². The molecule has 1 atom stereocenters. The summed E-state index contributed by atoms with van der Waals surface area (Å²) in [6.07, 6.45) is 9.71. The highest BCUT2D eigenvalue weighted by atomic mass is 14.9. The minimum Gasteiger partial charge on any atom is -0.325 e. The topological polar surface area (TPSA) is 26.0 Å². The molecule has 0 saturated heterocycles. The Morgan fingerprint density at radius 1 is 1.25 bits per heavy atom. The fourth-order valence-corrected chi connectivity index (χ4v) is 2.97. The number of hydrogen-bond acceptors (Lipinski definition) is 1. The fourth-order valence-electron chi connectivity index (χ4n) is 2.97. The first kappa shape index (κ1) is 8.55. The van der Waals surface area contributed by atoms with Crippen LogP contribution in [0.15, 0.2) is 0 Å². The van der Waals surface area contributed by atoms with Crippen molar-refractivity contribution < 1.29 is 0 Å². The minimum absolute atomic E-state index is 0.330. The van der Waals surface area contributed by atoms with E-state index >= 15 is 0 Å². The molecule has 1 unspecified atom stereocenters. The molecule has 12 heavy (non-hydrogen) atoms. The van der Waals surface area contributed by atoms with E-state index in [0.717, 1.165) is 11.8 Å². The summed E-state index contributed by atoms with van der Waals surface area (Å²) in [6, 6.07) is 0. The highest BCUT2D eigenvalue weighted by molar-refractivity contribution is 5.17. The Labute approximate surface area is 75.7 Å². The molecule has 3 saturated carbocycles. The number of hydrogen-bond donors (Lipinski definition) is 1. The van der Waals surface area contributed by atoms with Gasteiger partial charge in [-0.05, 0) is 31.1 Å². The molecule has 0 heterocycles. The molecule has 2 N–H and O–H groups in total. The van der Waals surface area contributed by atoms with Crippen molar-refractivity contribution in [2.45, 2.75) is 57.4 Å². The number of unbranched alkanes of at least 4 members (excludes halogenated alkanes) is 3. The van der Waals surface area contributed by atoms with E-state index in [1.807, 2.05) is 0 Å². The molecule has 3 aliphatic rings. The summed E-state index contributed by atoms with van der Waals surface area (Å²) in [7, 11) is 0. The van der Waals surface area contributed by atoms with Crippen molar-refractivity contribution >= 4 is 0 Å². The van der Waals surface area contributed by atoms with Crippen LogP contribution in [0.2, 0.25) is 0 Å². The molecule has 0 spiro atoms. The summed E-state index contributed by atoms with van der Waals surface area (Å²) in [5.41, 5.74) is 6.48. The summed E-state index contributed by atoms with van der Waals surface area (Å²) in [5.74, 6) is 1.96. The molecule has 3 fully saturated rings. The van der Waals surface area contributed by atoms with E-state index in [-0.39, 0.29) is 0 Å². The lowest BCUT2D eigenvalue weighted by Crippen LogP contribution is -2.72. The van der Waals surface area contributed by atoms with Gasteiger partial charge in [-0.1, -0.05) is 32.6 Å². The normalized spacial score (nSPS) is 43.5. The van der Waals surface area contributed by atoms with Crippen LogP contribution < -0.4 is 5.73 Å². The van der Waals surface area contributed by atoms with Crippen molar-refractivity contribution in [3.63, 3.8) is 0 Å². The Morgan fingerprint density at radius 3 is 2.42 bits per heavy atom. The smallest absolute Gasteiger partial charge is 0.0191 e. The predicted molar refractivity (Wildman–Crippen MR) is 51.9 cm³/mol. The molecule has 3 aliphatic carbocycles. The summed E-state index contributed by atoms with van der Waals surface area (Å²) < 4.78 is 0. The van der Waals surface area contributed by atoms with Crippen molar-refractivity contribution in [2.75, 3.05) is 0 Å². The third-order valence-corrected chi connectivity index (χ3v) is 3.96. The van der Waals surface area contributed by atoms with Crippen LogP contribution in [0.3, 0.4) is 0 Å². The van der Waals surface area contributed by atoms with Crippen LogP contribution in [0.1, 0.15) is 51.9 Å². The zero-order valence-corrected chi connectivity index (χ0v) is 8.18. The lowest BCUT2D eigenvalue weighted by atomic mass is 9.42. The van der Waals surface area contributed by atoms with Gasteiger partial charge in [-0.2, -0.15) is 0 Å². The van der Waals surface area contributed by atoms with Gasteiger partial charge >= 0.3 is 0 Å². The SMILES string of the molecule is CCCCCCC1C2CC1(N)C2. The Kier molecular flexibility index (Phi) is 2.16. The van der Waals surface area contributed by atoms with Gasteiger partial charge < -0.3 is 5.73 Å². The first-order chi connectivity index (χ1) is 5.76. The lowest BCUT2D eigenvalue weighted by Gasteiger charge is -2.67. The average molecular weight is 167 g/mol. The molecule has 1 nitrogen and oxygen atoms in total. The third-order valence-electron chi connectivity index (χ3n) is 3.96. The Morgan fingerprint density at radius 2 is 2.00 bits per heavy atom. The van der Waals surface area contributed by atoms with Crippen molar-refractivity contribution in [3.8, 4) is 0 Å². The van der Waals surface area contributed by atoms with Gasteiger partial charge in [0.2, 0.25) is 0 Å².